The second-order valence-electron chi connectivity index (χ2n) is 6.92. The predicted octanol–water partition coefficient (Wildman–Crippen LogP) is 1.46. The number of rotatable bonds is 3. The van der Waals surface area contributed by atoms with Crippen LogP contribution < -0.4 is 5.32 Å². The Balaban J connectivity index is 2.07. The predicted molar refractivity (Wildman–Crippen MR) is 70.7 cm³/mol. The summed E-state index contributed by atoms with van der Waals surface area (Å²) < 4.78 is 11.5. The Labute approximate surface area is 110 Å². The molecule has 4 nitrogen and oxygen atoms in total. The summed E-state index contributed by atoms with van der Waals surface area (Å²) in [5, 5.41) is 13.4. The maximum absolute atomic E-state index is 9.74. The average molecular weight is 257 g/mol. The van der Waals surface area contributed by atoms with Crippen molar-refractivity contribution in [2.45, 2.75) is 69.7 Å². The molecule has 2 aliphatic rings. The van der Waals surface area contributed by atoms with Crippen LogP contribution in [0, 0.1) is 0 Å². The van der Waals surface area contributed by atoms with E-state index < -0.39 is 0 Å². The fourth-order valence-corrected chi connectivity index (χ4v) is 3.27. The van der Waals surface area contributed by atoms with E-state index in [0.29, 0.717) is 0 Å². The summed E-state index contributed by atoms with van der Waals surface area (Å²) in [5.74, 6) is 0. The number of hydrogen-bond donors (Lipinski definition) is 2. The van der Waals surface area contributed by atoms with Crippen molar-refractivity contribution in [1.82, 2.24) is 5.32 Å². The van der Waals surface area contributed by atoms with Crippen molar-refractivity contribution in [3.8, 4) is 0 Å². The van der Waals surface area contributed by atoms with Crippen LogP contribution in [0.4, 0.5) is 0 Å². The topological polar surface area (TPSA) is 50.7 Å². The second-order valence-corrected chi connectivity index (χ2v) is 6.92. The first-order valence-electron chi connectivity index (χ1n) is 6.95. The molecule has 18 heavy (non-hydrogen) atoms. The molecule has 0 saturated carbocycles. The van der Waals surface area contributed by atoms with Gasteiger partial charge in [0.05, 0.1) is 17.8 Å². The van der Waals surface area contributed by atoms with Gasteiger partial charge >= 0.3 is 0 Å². The smallest absolute Gasteiger partial charge is 0.0787 e. The number of aliphatic hydroxyl groups is 1. The van der Waals surface area contributed by atoms with Gasteiger partial charge in [-0.2, -0.15) is 0 Å². The lowest BCUT2D eigenvalue weighted by Gasteiger charge is -2.41. The molecule has 2 heterocycles. The van der Waals surface area contributed by atoms with Crippen LogP contribution in [0.1, 0.15) is 47.0 Å². The van der Waals surface area contributed by atoms with Crippen molar-refractivity contribution in [2.24, 2.45) is 0 Å². The van der Waals surface area contributed by atoms with E-state index >= 15 is 0 Å². The second kappa shape index (κ2) is 4.75. The van der Waals surface area contributed by atoms with Crippen molar-refractivity contribution in [3.63, 3.8) is 0 Å². The molecule has 106 valence electrons. The normalized spacial score (nSPS) is 33.5. The molecule has 0 aromatic carbocycles. The molecule has 2 rings (SSSR count). The van der Waals surface area contributed by atoms with E-state index in [2.05, 4.69) is 33.0 Å². The molecule has 0 bridgehead atoms. The summed E-state index contributed by atoms with van der Waals surface area (Å²) in [5.41, 5.74) is -0.475. The maximum Gasteiger partial charge on any atom is 0.0787 e. The lowest BCUT2D eigenvalue weighted by atomic mass is 9.86. The zero-order valence-electron chi connectivity index (χ0n) is 12.1. The molecule has 2 aliphatic heterocycles. The highest BCUT2D eigenvalue weighted by Gasteiger charge is 2.48. The summed E-state index contributed by atoms with van der Waals surface area (Å²) in [7, 11) is 0. The highest BCUT2D eigenvalue weighted by Crippen LogP contribution is 2.39. The van der Waals surface area contributed by atoms with Crippen LogP contribution in [0.2, 0.25) is 0 Å². The van der Waals surface area contributed by atoms with Gasteiger partial charge in [-0.05, 0) is 47.0 Å². The van der Waals surface area contributed by atoms with Crippen LogP contribution in [0.3, 0.4) is 0 Å². The third-order valence-corrected chi connectivity index (χ3v) is 4.31. The summed E-state index contributed by atoms with van der Waals surface area (Å²) >= 11 is 0. The van der Waals surface area contributed by atoms with Crippen molar-refractivity contribution < 1.29 is 14.6 Å². The largest absolute Gasteiger partial charge is 0.394 e. The first-order valence-corrected chi connectivity index (χ1v) is 6.95. The molecule has 2 saturated heterocycles. The zero-order valence-corrected chi connectivity index (χ0v) is 12.1. The molecule has 0 aromatic rings. The minimum absolute atomic E-state index is 0.0943. The summed E-state index contributed by atoms with van der Waals surface area (Å²) in [4.78, 5) is 0. The number of nitrogens with one attached hydrogen (secondary N) is 1. The van der Waals surface area contributed by atoms with E-state index in [9.17, 15) is 5.11 Å². The number of aliphatic hydroxyl groups excluding tert-OH is 1. The molecule has 0 spiro atoms. The van der Waals surface area contributed by atoms with Crippen molar-refractivity contribution in [3.05, 3.63) is 0 Å². The van der Waals surface area contributed by atoms with Crippen LogP contribution in [0.5, 0.6) is 0 Å². The van der Waals surface area contributed by atoms with Gasteiger partial charge < -0.3 is 19.9 Å². The van der Waals surface area contributed by atoms with Gasteiger partial charge in [0.25, 0.3) is 0 Å². The van der Waals surface area contributed by atoms with Crippen molar-refractivity contribution >= 4 is 0 Å². The van der Waals surface area contributed by atoms with Crippen LogP contribution in [-0.4, -0.2) is 47.7 Å². The lowest BCUT2D eigenvalue weighted by molar-refractivity contribution is -0.0756. The van der Waals surface area contributed by atoms with Crippen LogP contribution in [0.25, 0.3) is 0 Å². The molecule has 4 heteroatoms. The van der Waals surface area contributed by atoms with E-state index in [4.69, 9.17) is 9.47 Å². The molecular weight excluding hydrogens is 230 g/mol. The molecule has 1 atom stereocenters. The van der Waals surface area contributed by atoms with Gasteiger partial charge in [0, 0.05) is 24.8 Å². The molecule has 0 aliphatic carbocycles. The highest BCUT2D eigenvalue weighted by molar-refractivity contribution is 5.03. The Morgan fingerprint density at radius 2 is 1.78 bits per heavy atom. The van der Waals surface area contributed by atoms with Gasteiger partial charge in [0.1, 0.15) is 0 Å². The number of ether oxygens (including phenoxy) is 2. The van der Waals surface area contributed by atoms with Gasteiger partial charge in [-0.15, -0.1) is 0 Å². The molecule has 2 fully saturated rings. The third kappa shape index (κ3) is 2.87. The van der Waals surface area contributed by atoms with E-state index in [1.807, 2.05) is 0 Å². The maximum atomic E-state index is 9.74. The summed E-state index contributed by atoms with van der Waals surface area (Å²) in [6, 6.07) is 0.276. The number of hydrogen-bond acceptors (Lipinski definition) is 4. The molecular formula is C14H27NO3. The van der Waals surface area contributed by atoms with Crippen LogP contribution in [0.15, 0.2) is 0 Å². The zero-order chi connectivity index (χ0) is 13.4. The Kier molecular flexibility index (Phi) is 3.76. The monoisotopic (exact) mass is 257 g/mol. The first kappa shape index (κ1) is 14.3. The van der Waals surface area contributed by atoms with Crippen LogP contribution >= 0.6 is 0 Å². The summed E-state index contributed by atoms with van der Waals surface area (Å²) in [6.45, 7) is 10.1. The minimum atomic E-state index is -0.191. The molecule has 0 radical (unpaired) electrons. The third-order valence-electron chi connectivity index (χ3n) is 4.31. The Morgan fingerprint density at radius 1 is 1.17 bits per heavy atom. The van der Waals surface area contributed by atoms with Gasteiger partial charge in [-0.25, -0.2) is 0 Å². The SMILES string of the molecule is CC1(C)CC(NC2(CO)CCOCC2)C(C)(C)O1. The van der Waals surface area contributed by atoms with E-state index in [1.165, 1.54) is 0 Å². The molecule has 0 amide bonds. The first-order chi connectivity index (χ1) is 8.29. The average Bonchev–Trinajstić information content (AvgIpc) is 2.48. The summed E-state index contributed by atoms with van der Waals surface area (Å²) in [6.07, 6.45) is 2.72. The fraction of sp³-hybridized carbons (Fsp3) is 1.00. The van der Waals surface area contributed by atoms with Gasteiger partial charge in [-0.1, -0.05) is 0 Å². The van der Waals surface area contributed by atoms with E-state index in [-0.39, 0.29) is 29.4 Å². The van der Waals surface area contributed by atoms with Crippen LogP contribution in [-0.2, 0) is 9.47 Å². The highest BCUT2D eigenvalue weighted by atomic mass is 16.5. The molecule has 1 unspecified atom stereocenters. The quantitative estimate of drug-likeness (QED) is 0.804. The van der Waals surface area contributed by atoms with E-state index in [1.54, 1.807) is 0 Å². The van der Waals surface area contributed by atoms with Crippen molar-refractivity contribution in [2.75, 3.05) is 19.8 Å². The minimum Gasteiger partial charge on any atom is -0.394 e. The molecule has 2 N–H and O–H groups in total. The van der Waals surface area contributed by atoms with E-state index in [0.717, 1.165) is 32.5 Å². The van der Waals surface area contributed by atoms with Crippen molar-refractivity contribution in [1.29, 1.82) is 0 Å². The Morgan fingerprint density at radius 3 is 2.22 bits per heavy atom. The Bertz CT molecular complexity index is 295. The lowest BCUT2D eigenvalue weighted by Crippen LogP contribution is -2.59. The van der Waals surface area contributed by atoms with Gasteiger partial charge in [-0.3, -0.25) is 0 Å². The molecule has 0 aromatic heterocycles. The Hall–Kier alpha value is -0.160. The van der Waals surface area contributed by atoms with Gasteiger partial charge in [0.2, 0.25) is 0 Å². The fourth-order valence-electron chi connectivity index (χ4n) is 3.27. The standard InChI is InChI=1S/C14H27NO3/c1-12(2)9-11(13(3,4)18-12)15-14(10-16)5-7-17-8-6-14/h11,15-16H,5-10H2,1-4H3. The van der Waals surface area contributed by atoms with Gasteiger partial charge in [0.15, 0.2) is 0 Å².